The van der Waals surface area contributed by atoms with Crippen molar-refractivity contribution in [1.29, 1.82) is 0 Å². The first-order valence-electron chi connectivity index (χ1n) is 5.30. The maximum absolute atomic E-state index is 11.9. The van der Waals surface area contributed by atoms with Crippen molar-refractivity contribution in [2.45, 2.75) is 46.8 Å². The van der Waals surface area contributed by atoms with Crippen LogP contribution in [0.15, 0.2) is 0 Å². The number of rotatable bonds is 4. The molecule has 1 amide bonds. The summed E-state index contributed by atoms with van der Waals surface area (Å²) in [6, 6.07) is 0. The predicted molar refractivity (Wildman–Crippen MR) is 59.4 cm³/mol. The van der Waals surface area contributed by atoms with Crippen LogP contribution in [0.3, 0.4) is 0 Å². The SMILES string of the molecule is CC(O)CN(CC(C)O)C(=O)C(C)(C)C. The predicted octanol–water partition coefficient (Wildman–Crippen LogP) is 0.623. The summed E-state index contributed by atoms with van der Waals surface area (Å²) < 4.78 is 0. The van der Waals surface area contributed by atoms with Crippen molar-refractivity contribution < 1.29 is 15.0 Å². The second-order valence-corrected chi connectivity index (χ2v) is 5.16. The number of aliphatic hydroxyl groups excluding tert-OH is 2. The molecule has 0 heterocycles. The number of carbonyl (C=O) groups is 1. The van der Waals surface area contributed by atoms with Crippen LogP contribution >= 0.6 is 0 Å². The highest BCUT2D eigenvalue weighted by molar-refractivity contribution is 5.81. The summed E-state index contributed by atoms with van der Waals surface area (Å²) in [5, 5.41) is 18.5. The van der Waals surface area contributed by atoms with Crippen LogP contribution in [-0.4, -0.2) is 46.3 Å². The molecule has 0 aromatic carbocycles. The normalized spacial score (nSPS) is 15.9. The van der Waals surface area contributed by atoms with Gasteiger partial charge in [0.1, 0.15) is 0 Å². The van der Waals surface area contributed by atoms with E-state index in [9.17, 15) is 15.0 Å². The fraction of sp³-hybridized carbons (Fsp3) is 0.909. The van der Waals surface area contributed by atoms with E-state index >= 15 is 0 Å². The van der Waals surface area contributed by atoms with E-state index in [2.05, 4.69) is 0 Å². The molecule has 0 fully saturated rings. The highest BCUT2D eigenvalue weighted by Crippen LogP contribution is 2.17. The van der Waals surface area contributed by atoms with Crippen LogP contribution in [0.5, 0.6) is 0 Å². The Bertz CT molecular complexity index is 196. The lowest BCUT2D eigenvalue weighted by molar-refractivity contribution is -0.142. The molecule has 2 unspecified atom stereocenters. The van der Waals surface area contributed by atoms with Crippen LogP contribution in [-0.2, 0) is 4.79 Å². The minimum atomic E-state index is -0.574. The molecule has 4 nitrogen and oxygen atoms in total. The molecule has 0 aliphatic carbocycles. The Balaban J connectivity index is 4.55. The summed E-state index contributed by atoms with van der Waals surface area (Å²) >= 11 is 0. The van der Waals surface area contributed by atoms with Crippen LogP contribution in [0.2, 0.25) is 0 Å². The first-order chi connectivity index (χ1) is 6.64. The van der Waals surface area contributed by atoms with Crippen molar-refractivity contribution in [2.75, 3.05) is 13.1 Å². The second kappa shape index (κ2) is 5.47. The Morgan fingerprint density at radius 3 is 1.67 bits per heavy atom. The average Bonchev–Trinajstić information content (AvgIpc) is 1.98. The topological polar surface area (TPSA) is 60.8 Å². The number of hydrogen-bond acceptors (Lipinski definition) is 3. The van der Waals surface area contributed by atoms with Crippen molar-refractivity contribution in [3.8, 4) is 0 Å². The standard InChI is InChI=1S/C11H23NO3/c1-8(13)6-12(7-9(2)14)10(15)11(3,4)5/h8-9,13-14H,6-7H2,1-5H3. The largest absolute Gasteiger partial charge is 0.392 e. The van der Waals surface area contributed by atoms with Gasteiger partial charge in [0.15, 0.2) is 0 Å². The first-order valence-corrected chi connectivity index (χ1v) is 5.30. The summed E-state index contributed by atoms with van der Waals surface area (Å²) in [5.74, 6) is -0.0516. The van der Waals surface area contributed by atoms with Crippen molar-refractivity contribution in [3.05, 3.63) is 0 Å². The molecule has 0 aromatic heterocycles. The molecule has 0 bridgehead atoms. The molecular weight excluding hydrogens is 194 g/mol. The molecule has 0 radical (unpaired) electrons. The summed E-state index contributed by atoms with van der Waals surface area (Å²) in [6.07, 6.45) is -1.15. The van der Waals surface area contributed by atoms with Gasteiger partial charge in [-0.2, -0.15) is 0 Å². The number of hydrogen-bond donors (Lipinski definition) is 2. The van der Waals surface area contributed by atoms with Crippen LogP contribution in [0.4, 0.5) is 0 Å². The number of amides is 1. The van der Waals surface area contributed by atoms with Gasteiger partial charge in [-0.15, -0.1) is 0 Å². The minimum absolute atomic E-state index is 0.0516. The fourth-order valence-electron chi connectivity index (χ4n) is 1.35. The molecule has 15 heavy (non-hydrogen) atoms. The van der Waals surface area contributed by atoms with Gasteiger partial charge in [-0.25, -0.2) is 0 Å². The third-order valence-electron chi connectivity index (χ3n) is 1.90. The molecule has 0 aromatic rings. The highest BCUT2D eigenvalue weighted by atomic mass is 16.3. The van der Waals surface area contributed by atoms with Gasteiger partial charge in [0, 0.05) is 18.5 Å². The van der Waals surface area contributed by atoms with Crippen molar-refractivity contribution in [2.24, 2.45) is 5.41 Å². The smallest absolute Gasteiger partial charge is 0.228 e. The van der Waals surface area contributed by atoms with E-state index in [1.807, 2.05) is 20.8 Å². The fourth-order valence-corrected chi connectivity index (χ4v) is 1.35. The molecule has 4 heteroatoms. The third-order valence-corrected chi connectivity index (χ3v) is 1.90. The van der Waals surface area contributed by atoms with Gasteiger partial charge in [0.25, 0.3) is 0 Å². The Hall–Kier alpha value is -0.610. The van der Waals surface area contributed by atoms with Crippen molar-refractivity contribution >= 4 is 5.91 Å². The Morgan fingerprint density at radius 1 is 1.13 bits per heavy atom. The molecule has 0 saturated heterocycles. The van der Waals surface area contributed by atoms with E-state index in [-0.39, 0.29) is 19.0 Å². The maximum atomic E-state index is 11.9. The molecule has 0 aliphatic rings. The molecule has 2 N–H and O–H groups in total. The van der Waals surface area contributed by atoms with E-state index < -0.39 is 17.6 Å². The summed E-state index contributed by atoms with van der Waals surface area (Å²) in [4.78, 5) is 13.4. The summed E-state index contributed by atoms with van der Waals surface area (Å²) in [5.41, 5.74) is -0.482. The van der Waals surface area contributed by atoms with Gasteiger partial charge in [0.2, 0.25) is 5.91 Å². The van der Waals surface area contributed by atoms with Gasteiger partial charge < -0.3 is 15.1 Å². The molecule has 0 spiro atoms. The molecule has 0 rings (SSSR count). The van der Waals surface area contributed by atoms with Gasteiger partial charge in [-0.3, -0.25) is 4.79 Å². The zero-order chi connectivity index (χ0) is 12.2. The van der Waals surface area contributed by atoms with E-state index in [1.165, 1.54) is 4.90 Å². The quantitative estimate of drug-likeness (QED) is 0.726. The third kappa shape index (κ3) is 5.74. The van der Waals surface area contributed by atoms with Crippen molar-refractivity contribution in [1.82, 2.24) is 4.90 Å². The maximum Gasteiger partial charge on any atom is 0.228 e. The first kappa shape index (κ1) is 14.4. The van der Waals surface area contributed by atoms with Crippen molar-refractivity contribution in [3.63, 3.8) is 0 Å². The number of carbonyl (C=O) groups excluding carboxylic acids is 1. The molecule has 2 atom stereocenters. The lowest BCUT2D eigenvalue weighted by Crippen LogP contribution is -2.45. The van der Waals surface area contributed by atoms with E-state index in [0.717, 1.165) is 0 Å². The zero-order valence-electron chi connectivity index (χ0n) is 10.3. The Morgan fingerprint density at radius 2 is 1.47 bits per heavy atom. The Kier molecular flexibility index (Phi) is 5.24. The molecular formula is C11H23NO3. The monoisotopic (exact) mass is 217 g/mol. The summed E-state index contributed by atoms with van der Waals surface area (Å²) in [6.45, 7) is 9.27. The molecule has 90 valence electrons. The van der Waals surface area contributed by atoms with Crippen LogP contribution < -0.4 is 0 Å². The van der Waals surface area contributed by atoms with E-state index in [1.54, 1.807) is 13.8 Å². The lowest BCUT2D eigenvalue weighted by atomic mass is 9.94. The van der Waals surface area contributed by atoms with Gasteiger partial charge >= 0.3 is 0 Å². The lowest BCUT2D eigenvalue weighted by Gasteiger charge is -2.31. The number of aliphatic hydroxyl groups is 2. The molecule has 0 saturated carbocycles. The summed E-state index contributed by atoms with van der Waals surface area (Å²) in [7, 11) is 0. The molecule has 0 aliphatic heterocycles. The van der Waals surface area contributed by atoms with Crippen LogP contribution in [0, 0.1) is 5.41 Å². The van der Waals surface area contributed by atoms with Crippen LogP contribution in [0.25, 0.3) is 0 Å². The zero-order valence-corrected chi connectivity index (χ0v) is 10.3. The van der Waals surface area contributed by atoms with Crippen LogP contribution in [0.1, 0.15) is 34.6 Å². The second-order valence-electron chi connectivity index (χ2n) is 5.16. The highest BCUT2D eigenvalue weighted by Gasteiger charge is 2.28. The van der Waals surface area contributed by atoms with Gasteiger partial charge in [0.05, 0.1) is 12.2 Å². The minimum Gasteiger partial charge on any atom is -0.392 e. The van der Waals surface area contributed by atoms with Gasteiger partial charge in [-0.05, 0) is 13.8 Å². The van der Waals surface area contributed by atoms with E-state index in [0.29, 0.717) is 0 Å². The van der Waals surface area contributed by atoms with E-state index in [4.69, 9.17) is 0 Å². The number of nitrogens with zero attached hydrogens (tertiary/aromatic N) is 1. The Labute approximate surface area is 91.9 Å². The van der Waals surface area contributed by atoms with Gasteiger partial charge in [-0.1, -0.05) is 20.8 Å². The average molecular weight is 217 g/mol.